The molecule has 0 unspecified atom stereocenters. The molecule has 4 rings (SSSR count). The molecule has 3 amide bonds. The van der Waals surface area contributed by atoms with E-state index in [1.54, 1.807) is 29.7 Å². The number of carbonyl (C=O) groups is 2. The molecule has 2 aromatic heterocycles. The number of urea groups is 1. The van der Waals surface area contributed by atoms with Crippen molar-refractivity contribution in [2.75, 3.05) is 34.8 Å². The lowest BCUT2D eigenvalue weighted by Gasteiger charge is -2.35. The van der Waals surface area contributed by atoms with Crippen molar-refractivity contribution in [1.29, 1.82) is 0 Å². The highest BCUT2D eigenvalue weighted by molar-refractivity contribution is 9.10. The zero-order valence-electron chi connectivity index (χ0n) is 15.4. The summed E-state index contributed by atoms with van der Waals surface area (Å²) in [5, 5.41) is 4.50. The van der Waals surface area contributed by atoms with E-state index in [1.165, 1.54) is 11.0 Å². The summed E-state index contributed by atoms with van der Waals surface area (Å²) in [6, 6.07) is 5.67. The largest absolute Gasteiger partial charge is 0.405 e. The number of alkyl halides is 3. The van der Waals surface area contributed by atoms with Crippen molar-refractivity contribution in [2.24, 2.45) is 0 Å². The number of nitrogens with one attached hydrogen (secondary N) is 2. The maximum atomic E-state index is 13.0. The summed E-state index contributed by atoms with van der Waals surface area (Å²) >= 11 is 3.27. The SMILES string of the molecule is O=C(NCC(F)(F)F)c1ccc2c(n1)N(C(=O)Nc1ccc(Br)cn1)[C@H]1CCN2C1. The quantitative estimate of drug-likeness (QED) is 0.698. The maximum absolute atomic E-state index is 13.0. The molecule has 12 heteroatoms. The van der Waals surface area contributed by atoms with E-state index in [1.807, 2.05) is 4.90 Å². The molecule has 2 N–H and O–H groups in total. The number of halogens is 4. The second kappa shape index (κ2) is 7.74. The zero-order chi connectivity index (χ0) is 21.5. The lowest BCUT2D eigenvalue weighted by atomic mass is 10.1. The van der Waals surface area contributed by atoms with Gasteiger partial charge < -0.3 is 10.2 Å². The van der Waals surface area contributed by atoms with Crippen LogP contribution in [0.15, 0.2) is 34.9 Å². The van der Waals surface area contributed by atoms with Crippen LogP contribution in [-0.4, -0.2) is 53.8 Å². The van der Waals surface area contributed by atoms with Gasteiger partial charge in [-0.05, 0) is 46.6 Å². The van der Waals surface area contributed by atoms with Crippen LogP contribution in [0.5, 0.6) is 0 Å². The summed E-state index contributed by atoms with van der Waals surface area (Å²) in [6.45, 7) is -0.145. The molecular formula is C18H16BrF3N6O2. The van der Waals surface area contributed by atoms with Gasteiger partial charge in [0.1, 0.15) is 18.1 Å². The fraction of sp³-hybridized carbons (Fsp3) is 0.333. The summed E-state index contributed by atoms with van der Waals surface area (Å²) in [5.74, 6) is -0.389. The Morgan fingerprint density at radius 2 is 2.03 bits per heavy atom. The molecule has 1 atom stereocenters. The number of aromatic nitrogens is 2. The molecule has 0 aromatic carbocycles. The Bertz CT molecular complexity index is 985. The topological polar surface area (TPSA) is 90.5 Å². The number of fused-ring (bicyclic) bond motifs is 4. The fourth-order valence-corrected chi connectivity index (χ4v) is 3.72. The van der Waals surface area contributed by atoms with E-state index in [-0.39, 0.29) is 17.6 Å². The van der Waals surface area contributed by atoms with Crippen LogP contribution in [0.1, 0.15) is 16.9 Å². The number of rotatable bonds is 3. The summed E-state index contributed by atoms with van der Waals surface area (Å²) in [6.07, 6.45) is -2.29. The summed E-state index contributed by atoms with van der Waals surface area (Å²) in [4.78, 5) is 37.0. The number of amides is 3. The van der Waals surface area contributed by atoms with Crippen molar-refractivity contribution >= 4 is 45.2 Å². The molecule has 0 spiro atoms. The number of hydrogen-bond donors (Lipinski definition) is 2. The first-order chi connectivity index (χ1) is 14.2. The molecule has 30 heavy (non-hydrogen) atoms. The Kier molecular flexibility index (Phi) is 5.26. The first-order valence-electron chi connectivity index (χ1n) is 9.04. The third kappa shape index (κ3) is 4.18. The molecule has 1 fully saturated rings. The highest BCUT2D eigenvalue weighted by Gasteiger charge is 2.40. The van der Waals surface area contributed by atoms with Crippen LogP contribution >= 0.6 is 15.9 Å². The summed E-state index contributed by atoms with van der Waals surface area (Å²) < 4.78 is 38.0. The van der Waals surface area contributed by atoms with Gasteiger partial charge in [-0.15, -0.1) is 0 Å². The second-order valence-corrected chi connectivity index (χ2v) is 7.80. The van der Waals surface area contributed by atoms with Crippen LogP contribution in [0.4, 0.5) is 35.3 Å². The molecular weight excluding hydrogens is 469 g/mol. The van der Waals surface area contributed by atoms with Gasteiger partial charge in [-0.3, -0.25) is 15.0 Å². The smallest absolute Gasteiger partial charge is 0.366 e. The molecule has 4 heterocycles. The van der Waals surface area contributed by atoms with Gasteiger partial charge in [-0.2, -0.15) is 13.2 Å². The van der Waals surface area contributed by atoms with Crippen LogP contribution in [0, 0.1) is 0 Å². The molecule has 8 nitrogen and oxygen atoms in total. The monoisotopic (exact) mass is 484 g/mol. The van der Waals surface area contributed by atoms with Crippen molar-refractivity contribution in [3.8, 4) is 0 Å². The van der Waals surface area contributed by atoms with E-state index in [9.17, 15) is 22.8 Å². The van der Waals surface area contributed by atoms with Crippen LogP contribution in [0.2, 0.25) is 0 Å². The first-order valence-corrected chi connectivity index (χ1v) is 9.83. The van der Waals surface area contributed by atoms with Gasteiger partial charge in [-0.1, -0.05) is 0 Å². The van der Waals surface area contributed by atoms with E-state index >= 15 is 0 Å². The number of carbonyl (C=O) groups excluding carboxylic acids is 2. The van der Waals surface area contributed by atoms with E-state index in [2.05, 4.69) is 31.2 Å². The van der Waals surface area contributed by atoms with Crippen LogP contribution in [0.25, 0.3) is 0 Å². The highest BCUT2D eigenvalue weighted by Crippen LogP contribution is 2.39. The predicted molar refractivity (Wildman–Crippen MR) is 107 cm³/mol. The Balaban J connectivity index is 1.61. The Morgan fingerprint density at radius 3 is 2.73 bits per heavy atom. The number of hydrogen-bond acceptors (Lipinski definition) is 5. The molecule has 1 saturated heterocycles. The normalized spacial score (nSPS) is 17.5. The van der Waals surface area contributed by atoms with Crippen LogP contribution < -0.4 is 20.4 Å². The Morgan fingerprint density at radius 1 is 1.23 bits per heavy atom. The molecule has 158 valence electrons. The third-order valence-corrected chi connectivity index (χ3v) is 5.28. The van der Waals surface area contributed by atoms with E-state index < -0.39 is 24.7 Å². The van der Waals surface area contributed by atoms with Crippen LogP contribution in [-0.2, 0) is 0 Å². The van der Waals surface area contributed by atoms with Gasteiger partial charge in [-0.25, -0.2) is 14.8 Å². The van der Waals surface area contributed by atoms with E-state index in [0.717, 1.165) is 4.47 Å². The average molecular weight is 485 g/mol. The van der Waals surface area contributed by atoms with Crippen molar-refractivity contribution < 1.29 is 22.8 Å². The Labute approximate surface area is 177 Å². The average Bonchev–Trinajstić information content (AvgIpc) is 3.11. The zero-order valence-corrected chi connectivity index (χ0v) is 17.0. The van der Waals surface area contributed by atoms with E-state index in [0.29, 0.717) is 31.0 Å². The molecule has 2 aliphatic rings. The lowest BCUT2D eigenvalue weighted by molar-refractivity contribution is -0.123. The molecule has 2 bridgehead atoms. The van der Waals surface area contributed by atoms with Gasteiger partial charge in [0.25, 0.3) is 5.91 Å². The highest BCUT2D eigenvalue weighted by atomic mass is 79.9. The maximum Gasteiger partial charge on any atom is 0.405 e. The van der Waals surface area contributed by atoms with Gasteiger partial charge in [0.05, 0.1) is 11.7 Å². The van der Waals surface area contributed by atoms with Crippen LogP contribution in [0.3, 0.4) is 0 Å². The fourth-order valence-electron chi connectivity index (χ4n) is 3.49. The van der Waals surface area contributed by atoms with Crippen molar-refractivity contribution in [3.05, 3.63) is 40.6 Å². The predicted octanol–water partition coefficient (Wildman–Crippen LogP) is 3.16. The van der Waals surface area contributed by atoms with Crippen molar-refractivity contribution in [1.82, 2.24) is 15.3 Å². The molecule has 0 aliphatic carbocycles. The van der Waals surface area contributed by atoms with E-state index in [4.69, 9.17) is 0 Å². The van der Waals surface area contributed by atoms with Gasteiger partial charge >= 0.3 is 12.2 Å². The minimum atomic E-state index is -4.53. The molecule has 2 aromatic rings. The molecule has 0 radical (unpaired) electrons. The second-order valence-electron chi connectivity index (χ2n) is 6.89. The van der Waals surface area contributed by atoms with Crippen molar-refractivity contribution in [3.63, 3.8) is 0 Å². The third-order valence-electron chi connectivity index (χ3n) is 4.82. The van der Waals surface area contributed by atoms with Gasteiger partial charge in [0.2, 0.25) is 0 Å². The molecule has 2 aliphatic heterocycles. The van der Waals surface area contributed by atoms with Gasteiger partial charge in [0, 0.05) is 23.8 Å². The minimum Gasteiger partial charge on any atom is -0.366 e. The number of nitrogens with zero attached hydrogens (tertiary/aromatic N) is 4. The number of anilines is 3. The standard InChI is InChI=1S/C18H16BrF3N6O2/c19-10-1-4-14(23-7-10)26-17(30)28-11-5-6-27(8-11)13-3-2-12(25-15(13)28)16(29)24-9-18(20,21)22/h1-4,7,11H,5-6,8-9H2,(H,24,29)(H,23,26,30)/t11-/m0/s1. The minimum absolute atomic E-state index is 0.172. The first kappa shape index (κ1) is 20.4. The lowest BCUT2D eigenvalue weighted by Crippen LogP contribution is -2.48. The molecule has 0 saturated carbocycles. The van der Waals surface area contributed by atoms with Gasteiger partial charge in [0.15, 0.2) is 5.82 Å². The van der Waals surface area contributed by atoms with Crippen molar-refractivity contribution in [2.45, 2.75) is 18.6 Å². The summed E-state index contributed by atoms with van der Waals surface area (Å²) in [5.41, 5.74) is 0.454. The summed E-state index contributed by atoms with van der Waals surface area (Å²) in [7, 11) is 0. The number of pyridine rings is 2. The Hall–Kier alpha value is -2.89.